The van der Waals surface area contributed by atoms with Crippen LogP contribution in [0.2, 0.25) is 0 Å². The summed E-state index contributed by atoms with van der Waals surface area (Å²) in [6.45, 7) is 0.460. The van der Waals surface area contributed by atoms with Crippen LogP contribution in [-0.2, 0) is 21.6 Å². The number of ether oxygens (including phenoxy) is 1. The minimum Gasteiger partial charge on any atom is -0.476 e. The molecule has 0 unspecified atom stereocenters. The summed E-state index contributed by atoms with van der Waals surface area (Å²) in [6.07, 6.45) is 0. The second-order valence-corrected chi connectivity index (χ2v) is 7.30. The lowest BCUT2D eigenvalue weighted by Crippen LogP contribution is -2.40. The van der Waals surface area contributed by atoms with Gasteiger partial charge in [0.2, 0.25) is 0 Å². The minimum atomic E-state index is -3.36. The number of carbonyl (C=O) groups is 1. The standard InChI is InChI=1S/C14H14N2O5S/c1-16-13(6-12(15-16)14(17)18)9-2-4-10(5-3-9)22(19,20)11-7-21-8-11/h2-6,11H,7-8H2,1H3,(H,17,18). The van der Waals surface area contributed by atoms with Crippen molar-refractivity contribution in [2.75, 3.05) is 13.2 Å². The van der Waals surface area contributed by atoms with Gasteiger partial charge in [0.05, 0.1) is 23.8 Å². The van der Waals surface area contributed by atoms with E-state index in [1.54, 1.807) is 19.2 Å². The third-order valence-electron chi connectivity index (χ3n) is 3.62. The maximum absolute atomic E-state index is 12.2. The Bertz CT molecular complexity index is 819. The van der Waals surface area contributed by atoms with E-state index < -0.39 is 21.1 Å². The van der Waals surface area contributed by atoms with Gasteiger partial charge >= 0.3 is 5.97 Å². The summed E-state index contributed by atoms with van der Waals surface area (Å²) < 4.78 is 30.9. The molecule has 22 heavy (non-hydrogen) atoms. The number of nitrogens with zero attached hydrogens (tertiary/aromatic N) is 2. The van der Waals surface area contributed by atoms with Crippen molar-refractivity contribution in [1.29, 1.82) is 0 Å². The summed E-state index contributed by atoms with van der Waals surface area (Å²) in [5.41, 5.74) is 1.25. The quantitative estimate of drug-likeness (QED) is 0.900. The monoisotopic (exact) mass is 322 g/mol. The first kappa shape index (κ1) is 14.7. The number of carboxylic acid groups (broad SMARTS) is 1. The fourth-order valence-electron chi connectivity index (χ4n) is 2.24. The first-order valence-electron chi connectivity index (χ1n) is 6.59. The Morgan fingerprint density at radius 1 is 1.32 bits per heavy atom. The van der Waals surface area contributed by atoms with Crippen LogP contribution in [0.25, 0.3) is 11.3 Å². The van der Waals surface area contributed by atoms with Gasteiger partial charge in [-0.1, -0.05) is 12.1 Å². The number of aryl methyl sites for hydroxylation is 1. The van der Waals surface area contributed by atoms with E-state index in [4.69, 9.17) is 9.84 Å². The first-order valence-corrected chi connectivity index (χ1v) is 8.13. The molecule has 0 aliphatic carbocycles. The third-order valence-corrected chi connectivity index (χ3v) is 5.70. The summed E-state index contributed by atoms with van der Waals surface area (Å²) in [6, 6.07) is 7.79. The predicted octanol–water partition coefficient (Wildman–Crippen LogP) is 0.958. The molecule has 0 bridgehead atoms. The normalized spacial score (nSPS) is 15.5. The Labute approximate surface area is 127 Å². The lowest BCUT2D eigenvalue weighted by Gasteiger charge is -2.25. The Balaban J connectivity index is 1.93. The summed E-state index contributed by atoms with van der Waals surface area (Å²) in [5.74, 6) is -1.11. The largest absolute Gasteiger partial charge is 0.476 e. The van der Waals surface area contributed by atoms with Gasteiger partial charge in [0.25, 0.3) is 0 Å². The summed E-state index contributed by atoms with van der Waals surface area (Å²) in [5, 5.41) is 12.4. The van der Waals surface area contributed by atoms with Gasteiger partial charge in [0, 0.05) is 7.05 Å². The number of hydrogen-bond acceptors (Lipinski definition) is 5. The van der Waals surface area contributed by atoms with Crippen LogP contribution in [0.5, 0.6) is 0 Å². The summed E-state index contributed by atoms with van der Waals surface area (Å²) >= 11 is 0. The van der Waals surface area contributed by atoms with Crippen molar-refractivity contribution in [1.82, 2.24) is 9.78 Å². The minimum absolute atomic E-state index is 0.0548. The highest BCUT2D eigenvalue weighted by molar-refractivity contribution is 7.92. The number of carboxylic acids is 1. The Morgan fingerprint density at radius 3 is 2.41 bits per heavy atom. The molecule has 7 nitrogen and oxygen atoms in total. The topological polar surface area (TPSA) is 98.5 Å². The highest BCUT2D eigenvalue weighted by atomic mass is 32.2. The van der Waals surface area contributed by atoms with Crippen molar-refractivity contribution in [3.05, 3.63) is 36.0 Å². The average molecular weight is 322 g/mol. The van der Waals surface area contributed by atoms with E-state index in [-0.39, 0.29) is 23.8 Å². The molecule has 1 aromatic heterocycles. The second-order valence-electron chi connectivity index (χ2n) is 5.07. The van der Waals surface area contributed by atoms with E-state index in [0.717, 1.165) is 0 Å². The van der Waals surface area contributed by atoms with E-state index in [0.29, 0.717) is 11.3 Å². The number of sulfone groups is 1. The van der Waals surface area contributed by atoms with Crippen LogP contribution in [0.15, 0.2) is 35.2 Å². The smallest absolute Gasteiger partial charge is 0.356 e. The van der Waals surface area contributed by atoms with Gasteiger partial charge in [-0.15, -0.1) is 0 Å². The molecule has 116 valence electrons. The zero-order chi connectivity index (χ0) is 15.9. The van der Waals surface area contributed by atoms with Crippen LogP contribution in [0, 0.1) is 0 Å². The third kappa shape index (κ3) is 2.40. The van der Waals surface area contributed by atoms with Crippen LogP contribution in [0.1, 0.15) is 10.5 Å². The number of rotatable bonds is 4. The van der Waals surface area contributed by atoms with Crippen LogP contribution >= 0.6 is 0 Å². The molecule has 2 aromatic rings. The maximum atomic E-state index is 12.2. The van der Waals surface area contributed by atoms with E-state index in [9.17, 15) is 13.2 Å². The van der Waals surface area contributed by atoms with Gasteiger partial charge in [0.1, 0.15) is 5.25 Å². The molecular weight excluding hydrogens is 308 g/mol. The maximum Gasteiger partial charge on any atom is 0.356 e. The van der Waals surface area contributed by atoms with Crippen LogP contribution in [0.4, 0.5) is 0 Å². The number of benzene rings is 1. The molecule has 1 aliphatic rings. The van der Waals surface area contributed by atoms with Crippen molar-refractivity contribution in [2.45, 2.75) is 10.1 Å². The molecule has 1 N–H and O–H groups in total. The molecule has 1 saturated heterocycles. The van der Waals surface area contributed by atoms with Gasteiger partial charge in [-0.3, -0.25) is 4.68 Å². The highest BCUT2D eigenvalue weighted by Gasteiger charge is 2.33. The molecule has 0 atom stereocenters. The number of aromatic nitrogens is 2. The molecule has 1 aliphatic heterocycles. The van der Waals surface area contributed by atoms with Crippen molar-refractivity contribution >= 4 is 15.8 Å². The van der Waals surface area contributed by atoms with Gasteiger partial charge < -0.3 is 9.84 Å². The fraction of sp³-hybridized carbons (Fsp3) is 0.286. The van der Waals surface area contributed by atoms with E-state index in [1.165, 1.54) is 22.9 Å². The zero-order valence-electron chi connectivity index (χ0n) is 11.8. The zero-order valence-corrected chi connectivity index (χ0v) is 12.6. The molecule has 0 radical (unpaired) electrons. The molecule has 1 aromatic carbocycles. The second kappa shape index (κ2) is 5.22. The molecule has 0 amide bonds. The molecule has 1 fully saturated rings. The molecular formula is C14H14N2O5S. The molecule has 2 heterocycles. The molecule has 0 spiro atoms. The van der Waals surface area contributed by atoms with Gasteiger partial charge in [-0.2, -0.15) is 5.10 Å². The van der Waals surface area contributed by atoms with Crippen molar-refractivity contribution in [3.63, 3.8) is 0 Å². The first-order chi connectivity index (χ1) is 10.4. The van der Waals surface area contributed by atoms with Gasteiger partial charge in [0.15, 0.2) is 15.5 Å². The number of hydrogen-bond donors (Lipinski definition) is 1. The number of aromatic carboxylic acids is 1. The Hall–Kier alpha value is -2.19. The van der Waals surface area contributed by atoms with E-state index in [1.807, 2.05) is 0 Å². The molecule has 3 rings (SSSR count). The van der Waals surface area contributed by atoms with E-state index >= 15 is 0 Å². The van der Waals surface area contributed by atoms with Crippen LogP contribution in [-0.4, -0.2) is 47.7 Å². The van der Waals surface area contributed by atoms with Crippen molar-refractivity contribution in [2.24, 2.45) is 7.05 Å². The summed E-state index contributed by atoms with van der Waals surface area (Å²) in [7, 11) is -1.72. The highest BCUT2D eigenvalue weighted by Crippen LogP contribution is 2.25. The lowest BCUT2D eigenvalue weighted by atomic mass is 10.1. The SMILES string of the molecule is Cn1nc(C(=O)O)cc1-c1ccc(S(=O)(=O)C2COC2)cc1. The summed E-state index contributed by atoms with van der Waals surface area (Å²) in [4.78, 5) is 11.2. The van der Waals surface area contributed by atoms with Crippen molar-refractivity contribution in [3.8, 4) is 11.3 Å². The molecule has 8 heteroatoms. The Morgan fingerprint density at radius 2 is 1.95 bits per heavy atom. The molecule has 0 saturated carbocycles. The Kier molecular flexibility index (Phi) is 3.50. The van der Waals surface area contributed by atoms with Gasteiger partial charge in [-0.05, 0) is 23.8 Å². The lowest BCUT2D eigenvalue weighted by molar-refractivity contribution is 0.0416. The fourth-order valence-corrected chi connectivity index (χ4v) is 3.69. The van der Waals surface area contributed by atoms with Crippen molar-refractivity contribution < 1.29 is 23.1 Å². The predicted molar refractivity (Wildman–Crippen MR) is 77.4 cm³/mol. The average Bonchev–Trinajstić information content (AvgIpc) is 2.79. The van der Waals surface area contributed by atoms with Crippen LogP contribution < -0.4 is 0 Å². The van der Waals surface area contributed by atoms with Crippen LogP contribution in [0.3, 0.4) is 0 Å². The van der Waals surface area contributed by atoms with E-state index in [2.05, 4.69) is 5.10 Å². The van der Waals surface area contributed by atoms with Gasteiger partial charge in [-0.25, -0.2) is 13.2 Å².